The van der Waals surface area contributed by atoms with Crippen molar-refractivity contribution in [1.29, 1.82) is 0 Å². The maximum Gasteiger partial charge on any atom is 0.341 e. The molecule has 7 heteroatoms. The average Bonchev–Trinajstić information content (AvgIpc) is 2.63. The number of nitrogens with zero attached hydrogens (tertiary/aromatic N) is 1. The van der Waals surface area contributed by atoms with E-state index in [0.717, 1.165) is 44.4 Å². The molecule has 0 aliphatic heterocycles. The molecule has 1 aromatic heterocycles. The van der Waals surface area contributed by atoms with Crippen LogP contribution in [0, 0.1) is 5.82 Å². The highest BCUT2D eigenvalue weighted by Crippen LogP contribution is 2.27. The lowest BCUT2D eigenvalue weighted by molar-refractivity contribution is 0.0695. The van der Waals surface area contributed by atoms with E-state index >= 15 is 0 Å². The Bertz CT molecular complexity index is 931. The van der Waals surface area contributed by atoms with Gasteiger partial charge in [0.2, 0.25) is 5.43 Å². The number of carbonyl (C=O) groups is 1. The lowest BCUT2D eigenvalue weighted by atomic mass is 9.95. The molecule has 2 aromatic rings. The van der Waals surface area contributed by atoms with Crippen LogP contribution in [-0.2, 0) is 0 Å². The maximum absolute atomic E-state index is 14.5. The number of hydrogen-bond acceptors (Lipinski definition) is 3. The zero-order chi connectivity index (χ0) is 18.8. The highest BCUT2D eigenvalue weighted by atomic mass is 19.1. The van der Waals surface area contributed by atoms with Gasteiger partial charge in [0.15, 0.2) is 0 Å². The minimum atomic E-state index is -1.46. The molecular formula is C19H20F2N2O3. The van der Waals surface area contributed by atoms with Gasteiger partial charge in [0.05, 0.1) is 11.2 Å². The van der Waals surface area contributed by atoms with E-state index < -0.39 is 29.5 Å². The van der Waals surface area contributed by atoms with E-state index in [0.29, 0.717) is 0 Å². The quantitative estimate of drug-likeness (QED) is 0.843. The highest BCUT2D eigenvalue weighted by molar-refractivity contribution is 5.94. The molecule has 0 amide bonds. The van der Waals surface area contributed by atoms with Crippen LogP contribution in [0.2, 0.25) is 0 Å². The van der Waals surface area contributed by atoms with Crippen molar-refractivity contribution in [3.05, 3.63) is 46.5 Å². The Morgan fingerprint density at radius 3 is 2.62 bits per heavy atom. The molecule has 0 atom stereocenters. The zero-order valence-corrected chi connectivity index (χ0v) is 14.2. The minimum Gasteiger partial charge on any atom is -0.477 e. The number of fused-ring (bicyclic) bond motifs is 1. The summed E-state index contributed by atoms with van der Waals surface area (Å²) < 4.78 is 28.9. The summed E-state index contributed by atoms with van der Waals surface area (Å²) in [7, 11) is 0. The number of aromatic carboxylic acids is 1. The summed E-state index contributed by atoms with van der Waals surface area (Å²) in [6.07, 6.45) is 6.19. The van der Waals surface area contributed by atoms with Crippen molar-refractivity contribution < 1.29 is 18.7 Å². The average molecular weight is 362 g/mol. The molecule has 0 radical (unpaired) electrons. The number of benzene rings is 1. The molecule has 0 saturated heterocycles. The van der Waals surface area contributed by atoms with E-state index in [1.165, 1.54) is 10.6 Å². The van der Waals surface area contributed by atoms with Crippen LogP contribution < -0.4 is 10.7 Å². The van der Waals surface area contributed by atoms with Crippen molar-refractivity contribution in [3.63, 3.8) is 0 Å². The van der Waals surface area contributed by atoms with Crippen molar-refractivity contribution in [2.75, 3.05) is 12.0 Å². The van der Waals surface area contributed by atoms with Gasteiger partial charge in [-0.1, -0.05) is 25.8 Å². The van der Waals surface area contributed by atoms with Crippen LogP contribution in [0.1, 0.15) is 42.5 Å². The SMILES string of the molecule is C=C(CF)n1cc(C(=O)O)c(=O)c2cc(F)c(NC3CCCCC3)cc21. The van der Waals surface area contributed by atoms with Crippen molar-refractivity contribution in [2.45, 2.75) is 38.1 Å². The summed E-state index contributed by atoms with van der Waals surface area (Å²) in [4.78, 5) is 23.7. The van der Waals surface area contributed by atoms with Gasteiger partial charge in [0, 0.05) is 23.3 Å². The lowest BCUT2D eigenvalue weighted by Crippen LogP contribution is -2.23. The van der Waals surface area contributed by atoms with Gasteiger partial charge in [-0.25, -0.2) is 13.6 Å². The van der Waals surface area contributed by atoms with Crippen LogP contribution in [0.25, 0.3) is 16.6 Å². The fourth-order valence-corrected chi connectivity index (χ4v) is 3.40. The highest BCUT2D eigenvalue weighted by Gasteiger charge is 2.20. The standard InChI is InChI=1S/C19H20F2N2O3/c1-11(9-20)23-10-14(19(25)26)18(24)13-7-15(21)16(8-17(13)23)22-12-5-3-2-4-6-12/h7-8,10,12,22H,1-6,9H2,(H,25,26). The lowest BCUT2D eigenvalue weighted by Gasteiger charge is -2.24. The van der Waals surface area contributed by atoms with E-state index in [1.54, 1.807) is 0 Å². The summed E-state index contributed by atoms with van der Waals surface area (Å²) in [6, 6.07) is 2.57. The molecule has 0 bridgehead atoms. The van der Waals surface area contributed by atoms with Gasteiger partial charge in [-0.05, 0) is 25.0 Å². The predicted octanol–water partition coefficient (Wildman–Crippen LogP) is 4.02. The summed E-state index contributed by atoms with van der Waals surface area (Å²) >= 11 is 0. The van der Waals surface area contributed by atoms with Gasteiger partial charge in [-0.15, -0.1) is 0 Å². The van der Waals surface area contributed by atoms with Crippen molar-refractivity contribution in [2.24, 2.45) is 0 Å². The molecule has 0 spiro atoms. The van der Waals surface area contributed by atoms with E-state index in [1.807, 2.05) is 0 Å². The smallest absolute Gasteiger partial charge is 0.341 e. The van der Waals surface area contributed by atoms with Gasteiger partial charge < -0.3 is 15.0 Å². The van der Waals surface area contributed by atoms with Crippen molar-refractivity contribution in [3.8, 4) is 0 Å². The summed E-state index contributed by atoms with van der Waals surface area (Å²) in [5.41, 5.74) is -0.958. The molecule has 1 heterocycles. The van der Waals surface area contributed by atoms with E-state index in [9.17, 15) is 23.5 Å². The van der Waals surface area contributed by atoms with E-state index in [4.69, 9.17) is 0 Å². The molecule has 1 aliphatic carbocycles. The van der Waals surface area contributed by atoms with Crippen LogP contribution in [-0.4, -0.2) is 28.4 Å². The molecule has 0 unspecified atom stereocenters. The monoisotopic (exact) mass is 362 g/mol. The topological polar surface area (TPSA) is 71.3 Å². The predicted molar refractivity (Wildman–Crippen MR) is 96.9 cm³/mol. The first kappa shape index (κ1) is 18.1. The number of rotatable bonds is 5. The Morgan fingerprint density at radius 1 is 1.31 bits per heavy atom. The molecular weight excluding hydrogens is 342 g/mol. The summed E-state index contributed by atoms with van der Waals surface area (Å²) in [6.45, 7) is 2.64. The first-order chi connectivity index (χ1) is 12.4. The first-order valence-electron chi connectivity index (χ1n) is 8.55. The van der Waals surface area contributed by atoms with Crippen LogP contribution in [0.5, 0.6) is 0 Å². The fourth-order valence-electron chi connectivity index (χ4n) is 3.40. The minimum absolute atomic E-state index is 0.0345. The van der Waals surface area contributed by atoms with Crippen molar-refractivity contribution in [1.82, 2.24) is 4.57 Å². The van der Waals surface area contributed by atoms with Crippen molar-refractivity contribution >= 4 is 28.3 Å². The number of pyridine rings is 1. The number of hydrogen-bond donors (Lipinski definition) is 2. The Morgan fingerprint density at radius 2 is 2.00 bits per heavy atom. The second-order valence-electron chi connectivity index (χ2n) is 6.58. The van der Waals surface area contributed by atoms with Crippen LogP contribution in [0.15, 0.2) is 29.7 Å². The fraction of sp³-hybridized carbons (Fsp3) is 0.368. The third-order valence-corrected chi connectivity index (χ3v) is 4.78. The maximum atomic E-state index is 14.5. The number of carboxylic acids is 1. The molecule has 138 valence electrons. The summed E-state index contributed by atoms with van der Waals surface area (Å²) in [5, 5.41) is 12.2. The normalized spacial score (nSPS) is 15.2. The number of alkyl halides is 1. The molecule has 1 aliphatic rings. The number of allylic oxidation sites excluding steroid dienone is 1. The third-order valence-electron chi connectivity index (χ3n) is 4.78. The molecule has 1 fully saturated rings. The Kier molecular flexibility index (Phi) is 5.06. The Balaban J connectivity index is 2.17. The van der Waals surface area contributed by atoms with Gasteiger partial charge >= 0.3 is 5.97 Å². The van der Waals surface area contributed by atoms with E-state index in [-0.39, 0.29) is 28.3 Å². The first-order valence-corrected chi connectivity index (χ1v) is 8.55. The van der Waals surface area contributed by atoms with Gasteiger partial charge in [-0.3, -0.25) is 4.79 Å². The van der Waals surface area contributed by atoms with E-state index in [2.05, 4.69) is 11.9 Å². The number of carboxylic acid groups (broad SMARTS) is 1. The van der Waals surface area contributed by atoms with Crippen LogP contribution in [0.4, 0.5) is 14.5 Å². The second-order valence-corrected chi connectivity index (χ2v) is 6.58. The number of anilines is 1. The Labute approximate surface area is 148 Å². The zero-order valence-electron chi connectivity index (χ0n) is 14.2. The molecule has 2 N–H and O–H groups in total. The molecule has 3 rings (SSSR count). The van der Waals surface area contributed by atoms with Crippen LogP contribution >= 0.6 is 0 Å². The third kappa shape index (κ3) is 3.34. The van der Waals surface area contributed by atoms with Gasteiger partial charge in [0.1, 0.15) is 18.1 Å². The summed E-state index contributed by atoms with van der Waals surface area (Å²) in [5.74, 6) is -2.10. The number of halogens is 2. The molecule has 26 heavy (non-hydrogen) atoms. The molecule has 1 saturated carbocycles. The molecule has 5 nitrogen and oxygen atoms in total. The molecule has 1 aromatic carbocycles. The number of nitrogens with one attached hydrogen (secondary N) is 1. The second kappa shape index (κ2) is 7.27. The van der Waals surface area contributed by atoms with Crippen LogP contribution in [0.3, 0.4) is 0 Å². The Hall–Kier alpha value is -2.70. The largest absolute Gasteiger partial charge is 0.477 e. The van der Waals surface area contributed by atoms with Gasteiger partial charge in [-0.2, -0.15) is 0 Å². The number of aromatic nitrogens is 1. The van der Waals surface area contributed by atoms with Gasteiger partial charge in [0.25, 0.3) is 0 Å².